The minimum Gasteiger partial charge on any atom is -0.481 e. The first-order valence-electron chi connectivity index (χ1n) is 10.8. The van der Waals surface area contributed by atoms with Crippen LogP contribution in [0.4, 0.5) is 0 Å². The summed E-state index contributed by atoms with van der Waals surface area (Å²) in [5, 5.41) is 18.8. The third kappa shape index (κ3) is 3.54. The number of unbranched alkanes of at least 4 members (excludes halogenated alkanes) is 2. The number of carboxylic acids is 1. The van der Waals surface area contributed by atoms with Crippen LogP contribution in [0.15, 0.2) is 12.7 Å². The first-order valence-corrected chi connectivity index (χ1v) is 10.8. The van der Waals surface area contributed by atoms with E-state index in [9.17, 15) is 19.5 Å². The fourth-order valence-electron chi connectivity index (χ4n) is 5.50. The molecule has 3 heterocycles. The molecule has 0 aliphatic carbocycles. The lowest BCUT2D eigenvalue weighted by Gasteiger charge is -2.42. The Bertz CT molecular complexity index is 717. The Kier molecular flexibility index (Phi) is 6.30. The number of rotatable bonds is 9. The largest absolute Gasteiger partial charge is 0.481 e. The number of amides is 2. The first-order chi connectivity index (χ1) is 14.1. The van der Waals surface area contributed by atoms with E-state index in [1.807, 2.05) is 20.8 Å². The van der Waals surface area contributed by atoms with Crippen LogP contribution in [0.25, 0.3) is 0 Å². The van der Waals surface area contributed by atoms with Crippen molar-refractivity contribution in [3.63, 3.8) is 0 Å². The molecule has 3 rings (SSSR count). The summed E-state index contributed by atoms with van der Waals surface area (Å²) in [6, 6.07) is -0.836. The molecule has 0 aromatic heterocycles. The summed E-state index contributed by atoms with van der Waals surface area (Å²) < 4.78 is 6.20. The Labute approximate surface area is 177 Å². The molecule has 0 radical (unpaired) electrons. The SMILES string of the molecule is C=CCN(C(=O)[C@@H]1N(CCCCCO)C(=O)[C@H]2[C@H](C(=O)O)[C@@H]3CC[C@]12O3)C(C)(C)C. The van der Waals surface area contributed by atoms with Gasteiger partial charge < -0.3 is 24.7 Å². The molecule has 1 spiro atoms. The molecular weight excluding hydrogens is 388 g/mol. The van der Waals surface area contributed by atoms with Crippen molar-refractivity contribution in [2.24, 2.45) is 11.8 Å². The van der Waals surface area contributed by atoms with E-state index < -0.39 is 41.1 Å². The van der Waals surface area contributed by atoms with Gasteiger partial charge in [0.25, 0.3) is 0 Å². The number of ether oxygens (including phenoxy) is 1. The summed E-state index contributed by atoms with van der Waals surface area (Å²) in [6.07, 6.45) is 4.17. The van der Waals surface area contributed by atoms with Gasteiger partial charge in [0.15, 0.2) is 0 Å². The van der Waals surface area contributed by atoms with Gasteiger partial charge in [-0.2, -0.15) is 0 Å². The standard InChI is InChI=1S/C22H34N2O6/c1-5-11-24(21(2,3)4)19(27)17-22-10-9-14(30-22)15(20(28)29)16(22)18(26)23(17)12-7-6-8-13-25/h5,14-17,25H,1,6-13H2,2-4H3,(H,28,29)/t14-,15+,16+,17-,22+/m0/s1. The lowest BCUT2D eigenvalue weighted by Crippen LogP contribution is -2.59. The topological polar surface area (TPSA) is 107 Å². The van der Waals surface area contributed by atoms with Crippen LogP contribution in [0.3, 0.4) is 0 Å². The molecule has 3 aliphatic heterocycles. The minimum atomic E-state index is -1.08. The first kappa shape index (κ1) is 22.7. The van der Waals surface area contributed by atoms with Crippen LogP contribution in [0.2, 0.25) is 0 Å². The average molecular weight is 423 g/mol. The molecule has 30 heavy (non-hydrogen) atoms. The molecule has 2 bridgehead atoms. The molecular formula is C22H34N2O6. The number of likely N-dealkylation sites (tertiary alicyclic amines) is 1. The summed E-state index contributed by atoms with van der Waals surface area (Å²) in [7, 11) is 0. The van der Waals surface area contributed by atoms with Crippen LogP contribution in [-0.4, -0.2) is 80.8 Å². The Morgan fingerprint density at radius 1 is 1.33 bits per heavy atom. The summed E-state index contributed by atoms with van der Waals surface area (Å²) in [5.74, 6) is -3.28. The molecule has 0 unspecified atom stereocenters. The van der Waals surface area contributed by atoms with E-state index in [0.717, 1.165) is 6.42 Å². The molecule has 8 heteroatoms. The van der Waals surface area contributed by atoms with E-state index in [0.29, 0.717) is 38.8 Å². The molecule has 3 fully saturated rings. The number of carbonyl (C=O) groups is 3. The molecule has 2 amide bonds. The Morgan fingerprint density at radius 3 is 2.60 bits per heavy atom. The van der Waals surface area contributed by atoms with Gasteiger partial charge in [-0.1, -0.05) is 6.08 Å². The number of aliphatic carboxylic acids is 1. The lowest BCUT2D eigenvalue weighted by atomic mass is 9.70. The van der Waals surface area contributed by atoms with Crippen molar-refractivity contribution in [2.75, 3.05) is 19.7 Å². The maximum atomic E-state index is 13.8. The third-order valence-electron chi connectivity index (χ3n) is 6.76. The third-order valence-corrected chi connectivity index (χ3v) is 6.76. The fraction of sp³-hybridized carbons (Fsp3) is 0.773. The number of carboxylic acid groups (broad SMARTS) is 1. The van der Waals surface area contributed by atoms with Crippen molar-refractivity contribution in [3.05, 3.63) is 12.7 Å². The van der Waals surface area contributed by atoms with Gasteiger partial charge in [0.2, 0.25) is 11.8 Å². The second-order valence-electron chi connectivity index (χ2n) is 9.62. The van der Waals surface area contributed by atoms with E-state index in [-0.39, 0.29) is 18.4 Å². The van der Waals surface area contributed by atoms with Crippen LogP contribution in [-0.2, 0) is 19.1 Å². The van der Waals surface area contributed by atoms with Gasteiger partial charge in [-0.25, -0.2) is 0 Å². The van der Waals surface area contributed by atoms with Crippen molar-refractivity contribution >= 4 is 17.8 Å². The second-order valence-corrected chi connectivity index (χ2v) is 9.62. The molecule has 8 nitrogen and oxygen atoms in total. The Balaban J connectivity index is 1.99. The van der Waals surface area contributed by atoms with Crippen LogP contribution >= 0.6 is 0 Å². The zero-order chi connectivity index (χ0) is 22.3. The predicted octanol–water partition coefficient (Wildman–Crippen LogP) is 1.42. The molecule has 2 N–H and O–H groups in total. The highest BCUT2D eigenvalue weighted by Gasteiger charge is 2.74. The zero-order valence-electron chi connectivity index (χ0n) is 18.2. The summed E-state index contributed by atoms with van der Waals surface area (Å²) in [6.45, 7) is 10.3. The monoisotopic (exact) mass is 422 g/mol. The number of aliphatic hydroxyl groups is 1. The van der Waals surface area contributed by atoms with Gasteiger partial charge in [-0.15, -0.1) is 6.58 Å². The van der Waals surface area contributed by atoms with E-state index >= 15 is 0 Å². The fourth-order valence-corrected chi connectivity index (χ4v) is 5.50. The van der Waals surface area contributed by atoms with Crippen LogP contribution in [0, 0.1) is 11.8 Å². The Morgan fingerprint density at radius 2 is 2.03 bits per heavy atom. The predicted molar refractivity (Wildman–Crippen MR) is 110 cm³/mol. The number of fused-ring (bicyclic) bond motifs is 1. The van der Waals surface area contributed by atoms with Crippen molar-refractivity contribution in [2.45, 2.75) is 76.2 Å². The van der Waals surface area contributed by atoms with E-state index in [1.165, 1.54) is 0 Å². The van der Waals surface area contributed by atoms with Crippen molar-refractivity contribution in [3.8, 4) is 0 Å². The van der Waals surface area contributed by atoms with Crippen LogP contribution < -0.4 is 0 Å². The molecule has 0 aromatic carbocycles. The van der Waals surface area contributed by atoms with Crippen LogP contribution in [0.5, 0.6) is 0 Å². The van der Waals surface area contributed by atoms with Gasteiger partial charge in [-0.3, -0.25) is 14.4 Å². The minimum absolute atomic E-state index is 0.0753. The zero-order valence-corrected chi connectivity index (χ0v) is 18.2. The van der Waals surface area contributed by atoms with Gasteiger partial charge in [-0.05, 0) is 52.9 Å². The van der Waals surface area contributed by atoms with Crippen molar-refractivity contribution in [1.82, 2.24) is 9.80 Å². The number of hydrogen-bond donors (Lipinski definition) is 2. The maximum absolute atomic E-state index is 13.8. The van der Waals surface area contributed by atoms with Crippen molar-refractivity contribution < 1.29 is 29.3 Å². The Hall–Kier alpha value is -1.93. The van der Waals surface area contributed by atoms with E-state index in [1.54, 1.807) is 15.9 Å². The average Bonchev–Trinajstić information content (AvgIpc) is 3.29. The second kappa shape index (κ2) is 8.30. The summed E-state index contributed by atoms with van der Waals surface area (Å²) in [5.41, 5.74) is -1.57. The lowest BCUT2D eigenvalue weighted by molar-refractivity contribution is -0.152. The molecule has 5 atom stereocenters. The van der Waals surface area contributed by atoms with Crippen LogP contribution in [0.1, 0.15) is 52.9 Å². The van der Waals surface area contributed by atoms with Gasteiger partial charge in [0.1, 0.15) is 11.6 Å². The molecule has 0 saturated carbocycles. The molecule has 0 aromatic rings. The number of aliphatic hydroxyl groups excluding tert-OH is 1. The summed E-state index contributed by atoms with van der Waals surface area (Å²) >= 11 is 0. The highest BCUT2D eigenvalue weighted by molar-refractivity contribution is 5.98. The quantitative estimate of drug-likeness (QED) is 0.430. The normalized spacial score (nSPS) is 32.4. The molecule has 3 saturated heterocycles. The van der Waals surface area contributed by atoms with E-state index in [2.05, 4.69) is 6.58 Å². The highest BCUT2D eigenvalue weighted by atomic mass is 16.5. The van der Waals surface area contributed by atoms with Gasteiger partial charge in [0, 0.05) is 25.2 Å². The van der Waals surface area contributed by atoms with Crippen molar-refractivity contribution in [1.29, 1.82) is 0 Å². The highest BCUT2D eigenvalue weighted by Crippen LogP contribution is 2.58. The van der Waals surface area contributed by atoms with Gasteiger partial charge in [0.05, 0.1) is 17.9 Å². The maximum Gasteiger partial charge on any atom is 0.310 e. The van der Waals surface area contributed by atoms with E-state index in [4.69, 9.17) is 9.84 Å². The smallest absolute Gasteiger partial charge is 0.310 e. The molecule has 3 aliphatic rings. The number of nitrogens with zero attached hydrogens (tertiary/aromatic N) is 2. The number of hydrogen-bond acceptors (Lipinski definition) is 5. The number of carbonyl (C=O) groups excluding carboxylic acids is 2. The van der Waals surface area contributed by atoms with Gasteiger partial charge >= 0.3 is 5.97 Å². The summed E-state index contributed by atoms with van der Waals surface area (Å²) in [4.78, 5) is 42.5. The molecule has 168 valence electrons.